The summed E-state index contributed by atoms with van der Waals surface area (Å²) in [6.07, 6.45) is -0.204. The molecule has 0 saturated carbocycles. The van der Waals surface area contributed by atoms with Crippen LogP contribution in [0.4, 0.5) is 0 Å². The van der Waals surface area contributed by atoms with Gasteiger partial charge in [0.25, 0.3) is 0 Å². The third-order valence-electron chi connectivity index (χ3n) is 0.728. The summed E-state index contributed by atoms with van der Waals surface area (Å²) < 4.78 is 9.59. The Morgan fingerprint density at radius 3 is 2.33 bits per heavy atom. The van der Waals surface area contributed by atoms with Crippen molar-refractivity contribution in [3.8, 4) is 0 Å². The van der Waals surface area contributed by atoms with Crippen molar-refractivity contribution in [2.24, 2.45) is 0 Å². The third kappa shape index (κ3) is 3.58. The monoisotopic (exact) mass is 128 g/mol. The number of carboxylic acid groups (broad SMARTS) is 1. The second-order valence-electron chi connectivity index (χ2n) is 1.43. The van der Waals surface area contributed by atoms with Crippen molar-refractivity contribution < 1.29 is 19.4 Å². The summed E-state index contributed by atoms with van der Waals surface area (Å²) in [4.78, 5) is 19.9. The quantitative estimate of drug-likeness (QED) is 0.409. The standard InChI is InChI=1S/C4H5BO4/c6-3(4(7)8)1-2-5-9/h1-2H2,(H,7,8). The number of Topliss-reactive ketones (excluding diaryl/α,β-unsaturated/α-hetero) is 1. The number of ketones is 1. The van der Waals surface area contributed by atoms with Crippen LogP contribution in [0.3, 0.4) is 0 Å². The van der Waals surface area contributed by atoms with E-state index in [9.17, 15) is 14.3 Å². The molecule has 0 aliphatic carbocycles. The van der Waals surface area contributed by atoms with Gasteiger partial charge in [-0.1, -0.05) is 0 Å². The molecule has 0 aliphatic heterocycles. The van der Waals surface area contributed by atoms with Crippen molar-refractivity contribution in [1.82, 2.24) is 0 Å². The van der Waals surface area contributed by atoms with Crippen LogP contribution in [0.1, 0.15) is 6.42 Å². The Morgan fingerprint density at radius 2 is 2.00 bits per heavy atom. The van der Waals surface area contributed by atoms with Crippen molar-refractivity contribution in [3.05, 3.63) is 0 Å². The van der Waals surface area contributed by atoms with Gasteiger partial charge < -0.3 is 0 Å². The molecule has 0 bridgehead atoms. The van der Waals surface area contributed by atoms with Crippen LogP contribution in [-0.2, 0) is 14.3 Å². The zero-order valence-corrected chi connectivity index (χ0v) is 4.66. The fraction of sp³-hybridized carbons (Fsp3) is 0.500. The van der Waals surface area contributed by atoms with Crippen LogP contribution < -0.4 is 0 Å². The van der Waals surface area contributed by atoms with Gasteiger partial charge in [-0.05, 0) is 0 Å². The van der Waals surface area contributed by atoms with E-state index in [1.807, 2.05) is 0 Å². The first-order chi connectivity index (χ1) is 4.18. The summed E-state index contributed by atoms with van der Waals surface area (Å²) in [6.45, 7) is 0. The summed E-state index contributed by atoms with van der Waals surface area (Å²) in [5, 5.41) is 7.94. The van der Waals surface area contributed by atoms with Gasteiger partial charge in [0.05, 0.1) is 0 Å². The van der Waals surface area contributed by atoms with Crippen LogP contribution in [0.2, 0.25) is 6.32 Å². The summed E-state index contributed by atoms with van der Waals surface area (Å²) in [5.74, 6) is -2.39. The second-order valence-corrected chi connectivity index (χ2v) is 1.43. The van der Waals surface area contributed by atoms with E-state index in [-0.39, 0.29) is 12.7 Å². The molecule has 0 spiro atoms. The third-order valence-corrected chi connectivity index (χ3v) is 0.728. The number of hydrogen-bond acceptors (Lipinski definition) is 3. The van der Waals surface area contributed by atoms with Crippen LogP contribution in [0.25, 0.3) is 0 Å². The van der Waals surface area contributed by atoms with Crippen molar-refractivity contribution >= 4 is 18.9 Å². The molecule has 0 atom stereocenters. The number of aliphatic carboxylic acids is 1. The zero-order valence-electron chi connectivity index (χ0n) is 4.66. The molecule has 48 valence electrons. The molecular formula is C4H5BO4. The van der Waals surface area contributed by atoms with Crippen molar-refractivity contribution in [2.75, 3.05) is 0 Å². The Bertz CT molecular complexity index is 142. The first kappa shape index (κ1) is 8.00. The number of carbonyl (C=O) groups excluding carboxylic acids is 1. The Balaban J connectivity index is 3.51. The predicted molar refractivity (Wildman–Crippen MR) is 28.5 cm³/mol. The zero-order chi connectivity index (χ0) is 7.28. The van der Waals surface area contributed by atoms with E-state index in [4.69, 9.17) is 5.11 Å². The van der Waals surface area contributed by atoms with Crippen molar-refractivity contribution in [1.29, 1.82) is 0 Å². The van der Waals surface area contributed by atoms with Crippen LogP contribution in [0.15, 0.2) is 0 Å². The Kier molecular flexibility index (Phi) is 3.51. The van der Waals surface area contributed by atoms with Crippen LogP contribution in [0.5, 0.6) is 0 Å². The van der Waals surface area contributed by atoms with Crippen LogP contribution in [-0.4, -0.2) is 24.0 Å². The maximum absolute atomic E-state index is 10.1. The molecule has 0 fully saturated rings. The second kappa shape index (κ2) is 3.94. The molecule has 0 heterocycles. The van der Waals surface area contributed by atoms with E-state index in [0.717, 1.165) is 0 Å². The maximum atomic E-state index is 10.1. The van der Waals surface area contributed by atoms with Crippen molar-refractivity contribution in [2.45, 2.75) is 12.7 Å². The van der Waals surface area contributed by atoms with Gasteiger partial charge in [0.15, 0.2) is 0 Å². The molecule has 0 unspecified atom stereocenters. The molecule has 0 aromatic carbocycles. The SMILES string of the molecule is O=BCCC(=O)C(=O)O. The average molecular weight is 128 g/mol. The summed E-state index contributed by atoms with van der Waals surface area (Å²) >= 11 is 0. The van der Waals surface area contributed by atoms with E-state index in [1.165, 1.54) is 0 Å². The van der Waals surface area contributed by atoms with Gasteiger partial charge in [0.1, 0.15) is 0 Å². The van der Waals surface area contributed by atoms with Gasteiger partial charge >= 0.3 is 51.0 Å². The average Bonchev–Trinajstić information content (AvgIpc) is 1.82. The minimum absolute atomic E-state index is 0.00880. The molecule has 0 radical (unpaired) electrons. The molecule has 5 heteroatoms. The topological polar surface area (TPSA) is 71.4 Å². The fourth-order valence-corrected chi connectivity index (χ4v) is 0.297. The molecule has 0 rings (SSSR count). The molecule has 4 nitrogen and oxygen atoms in total. The normalized spacial score (nSPS) is 8.00. The Hall–Kier alpha value is -0.995. The summed E-state index contributed by atoms with van der Waals surface area (Å²) in [6, 6.07) is 0. The van der Waals surface area contributed by atoms with Crippen LogP contribution >= 0.6 is 0 Å². The number of rotatable bonds is 4. The van der Waals surface area contributed by atoms with E-state index < -0.39 is 11.8 Å². The van der Waals surface area contributed by atoms with Gasteiger partial charge in [0.2, 0.25) is 0 Å². The van der Waals surface area contributed by atoms with Crippen LogP contribution in [0, 0.1) is 0 Å². The number of hydrogen-bond donors (Lipinski definition) is 1. The fourth-order valence-electron chi connectivity index (χ4n) is 0.297. The van der Waals surface area contributed by atoms with Gasteiger partial charge in [-0.3, -0.25) is 0 Å². The first-order valence-corrected chi connectivity index (χ1v) is 2.38. The molecule has 0 aliphatic rings. The number of carbonyl (C=O) groups is 2. The predicted octanol–water partition coefficient (Wildman–Crippen LogP) is -0.502. The number of carboxylic acids is 1. The van der Waals surface area contributed by atoms with Gasteiger partial charge in [-0.25, -0.2) is 0 Å². The van der Waals surface area contributed by atoms with E-state index in [0.29, 0.717) is 7.15 Å². The Morgan fingerprint density at radius 1 is 1.44 bits per heavy atom. The first-order valence-electron chi connectivity index (χ1n) is 2.38. The molecule has 0 aromatic rings. The molecule has 0 saturated heterocycles. The van der Waals surface area contributed by atoms with E-state index in [2.05, 4.69) is 0 Å². The van der Waals surface area contributed by atoms with Crippen molar-refractivity contribution in [3.63, 3.8) is 0 Å². The van der Waals surface area contributed by atoms with Gasteiger partial charge in [0, 0.05) is 0 Å². The van der Waals surface area contributed by atoms with E-state index >= 15 is 0 Å². The minimum atomic E-state index is -1.48. The van der Waals surface area contributed by atoms with Gasteiger partial charge in [-0.2, -0.15) is 0 Å². The molecule has 0 amide bonds. The summed E-state index contributed by atoms with van der Waals surface area (Å²) in [5.41, 5.74) is 0. The summed E-state index contributed by atoms with van der Waals surface area (Å²) in [7, 11) is 0.515. The molecular weight excluding hydrogens is 123 g/mol. The molecule has 9 heavy (non-hydrogen) atoms. The Labute approximate surface area is 52.1 Å². The van der Waals surface area contributed by atoms with Gasteiger partial charge in [-0.15, -0.1) is 0 Å². The van der Waals surface area contributed by atoms with E-state index in [1.54, 1.807) is 0 Å². The molecule has 0 aromatic heterocycles. The molecule has 1 N–H and O–H groups in total.